The standard InChI is InChI=1S/C25H22N4O4.C2H4O2/c1-3-33-25(31)18-9-13-19(14-10-18)26-27-23-22(17-11-15-21(32-2)16-12-17)28-29(24(23)30)20-7-5-4-6-8-20;1-2(3)4/h4-16,28H,3H2,1-2H3;1H3,(H,3,4). The van der Waals surface area contributed by atoms with Gasteiger partial charge in [-0.1, -0.05) is 18.2 Å². The summed E-state index contributed by atoms with van der Waals surface area (Å²) in [6.45, 7) is 3.13. The predicted molar refractivity (Wildman–Crippen MR) is 138 cm³/mol. The molecule has 0 aliphatic heterocycles. The molecule has 2 N–H and O–H groups in total. The van der Waals surface area contributed by atoms with Gasteiger partial charge in [-0.25, -0.2) is 9.48 Å². The van der Waals surface area contributed by atoms with E-state index in [1.807, 2.05) is 54.6 Å². The molecular formula is C27H26N4O6. The fraction of sp³-hybridized carbons (Fsp3) is 0.148. The number of hydrogen-bond donors (Lipinski definition) is 2. The second-order valence-electron chi connectivity index (χ2n) is 7.53. The zero-order valence-electron chi connectivity index (χ0n) is 20.5. The van der Waals surface area contributed by atoms with Gasteiger partial charge in [0.25, 0.3) is 11.5 Å². The molecular weight excluding hydrogens is 476 g/mol. The molecule has 4 rings (SSSR count). The molecule has 37 heavy (non-hydrogen) atoms. The quantitative estimate of drug-likeness (QED) is 0.252. The van der Waals surface area contributed by atoms with E-state index in [-0.39, 0.29) is 11.2 Å². The Hall–Kier alpha value is -4.99. The summed E-state index contributed by atoms with van der Waals surface area (Å²) in [5.74, 6) is -0.535. The van der Waals surface area contributed by atoms with Crippen LogP contribution in [0.25, 0.3) is 16.9 Å². The number of carboxylic acid groups (broad SMARTS) is 1. The highest BCUT2D eigenvalue weighted by Crippen LogP contribution is 2.29. The smallest absolute Gasteiger partial charge is 0.338 e. The molecule has 0 aliphatic rings. The Morgan fingerprint density at radius 3 is 2.14 bits per heavy atom. The number of para-hydroxylation sites is 1. The van der Waals surface area contributed by atoms with Gasteiger partial charge in [0.05, 0.1) is 36.3 Å². The molecule has 0 saturated heterocycles. The summed E-state index contributed by atoms with van der Waals surface area (Å²) in [7, 11) is 1.59. The van der Waals surface area contributed by atoms with E-state index in [9.17, 15) is 9.59 Å². The predicted octanol–water partition coefficient (Wildman–Crippen LogP) is 5.52. The minimum absolute atomic E-state index is 0.165. The van der Waals surface area contributed by atoms with Crippen molar-refractivity contribution in [2.75, 3.05) is 13.7 Å². The number of benzene rings is 3. The number of ether oxygens (including phenoxy) is 2. The van der Waals surface area contributed by atoms with Crippen molar-refractivity contribution in [3.8, 4) is 22.7 Å². The molecule has 0 saturated carbocycles. The van der Waals surface area contributed by atoms with Crippen molar-refractivity contribution in [1.82, 2.24) is 9.78 Å². The fourth-order valence-corrected chi connectivity index (χ4v) is 3.23. The first-order chi connectivity index (χ1) is 17.8. The van der Waals surface area contributed by atoms with E-state index in [4.69, 9.17) is 19.4 Å². The first kappa shape index (κ1) is 26.6. The molecule has 0 atom stereocenters. The Kier molecular flexibility index (Phi) is 9.09. The number of H-pyrrole nitrogens is 1. The van der Waals surface area contributed by atoms with E-state index in [2.05, 4.69) is 15.3 Å². The van der Waals surface area contributed by atoms with Crippen molar-refractivity contribution in [3.05, 3.63) is 94.8 Å². The number of aliphatic carboxylic acids is 1. The minimum atomic E-state index is -0.833. The van der Waals surface area contributed by atoms with E-state index in [0.717, 1.165) is 12.5 Å². The maximum atomic E-state index is 13.2. The summed E-state index contributed by atoms with van der Waals surface area (Å²) in [4.78, 5) is 34.0. The summed E-state index contributed by atoms with van der Waals surface area (Å²) in [5, 5.41) is 19.1. The van der Waals surface area contributed by atoms with E-state index in [1.54, 1.807) is 38.3 Å². The summed E-state index contributed by atoms with van der Waals surface area (Å²) in [5.41, 5.74) is 2.71. The zero-order valence-corrected chi connectivity index (χ0v) is 20.5. The maximum absolute atomic E-state index is 13.2. The molecule has 3 aromatic carbocycles. The summed E-state index contributed by atoms with van der Waals surface area (Å²) in [6, 6.07) is 23.0. The third kappa shape index (κ3) is 7.01. The van der Waals surface area contributed by atoms with Crippen molar-refractivity contribution in [2.45, 2.75) is 13.8 Å². The van der Waals surface area contributed by atoms with Gasteiger partial charge in [0.1, 0.15) is 5.75 Å². The van der Waals surface area contributed by atoms with E-state index in [1.165, 1.54) is 4.68 Å². The molecule has 190 valence electrons. The Morgan fingerprint density at radius 1 is 0.946 bits per heavy atom. The summed E-state index contributed by atoms with van der Waals surface area (Å²) >= 11 is 0. The van der Waals surface area contributed by atoms with Crippen molar-refractivity contribution in [1.29, 1.82) is 0 Å². The van der Waals surface area contributed by atoms with Crippen molar-refractivity contribution in [2.24, 2.45) is 10.2 Å². The fourth-order valence-electron chi connectivity index (χ4n) is 3.23. The van der Waals surface area contributed by atoms with Crippen LogP contribution < -0.4 is 10.3 Å². The number of nitrogens with one attached hydrogen (secondary N) is 1. The van der Waals surface area contributed by atoms with Gasteiger partial charge >= 0.3 is 5.97 Å². The van der Waals surface area contributed by atoms with Crippen LogP contribution >= 0.6 is 0 Å². The molecule has 4 aromatic rings. The normalized spacial score (nSPS) is 10.5. The highest BCUT2D eigenvalue weighted by Gasteiger charge is 2.17. The van der Waals surface area contributed by atoms with Crippen LogP contribution in [0.2, 0.25) is 0 Å². The number of carbonyl (C=O) groups is 2. The first-order valence-corrected chi connectivity index (χ1v) is 11.3. The molecule has 0 amide bonds. The monoisotopic (exact) mass is 502 g/mol. The number of rotatable bonds is 7. The van der Waals surface area contributed by atoms with Crippen LogP contribution in [0.4, 0.5) is 11.4 Å². The number of carbonyl (C=O) groups excluding carboxylic acids is 1. The third-order valence-electron chi connectivity index (χ3n) is 4.90. The van der Waals surface area contributed by atoms with E-state index >= 15 is 0 Å². The van der Waals surface area contributed by atoms with Gasteiger partial charge < -0.3 is 14.6 Å². The molecule has 0 fully saturated rings. The average Bonchev–Trinajstić information content (AvgIpc) is 3.24. The Morgan fingerprint density at radius 2 is 1.57 bits per heavy atom. The Labute approximate surface area is 212 Å². The molecule has 10 nitrogen and oxygen atoms in total. The lowest BCUT2D eigenvalue weighted by Gasteiger charge is -2.03. The molecule has 10 heteroatoms. The largest absolute Gasteiger partial charge is 0.497 e. The van der Waals surface area contributed by atoms with Crippen LogP contribution in [0.3, 0.4) is 0 Å². The molecule has 0 spiro atoms. The van der Waals surface area contributed by atoms with Gasteiger partial charge in [0.15, 0.2) is 5.69 Å². The lowest BCUT2D eigenvalue weighted by Crippen LogP contribution is -2.13. The number of azo groups is 1. The number of carboxylic acids is 1. The lowest BCUT2D eigenvalue weighted by atomic mass is 10.1. The van der Waals surface area contributed by atoms with E-state index in [0.29, 0.717) is 35.0 Å². The molecule has 0 bridgehead atoms. The maximum Gasteiger partial charge on any atom is 0.338 e. The second kappa shape index (κ2) is 12.6. The second-order valence-corrected chi connectivity index (χ2v) is 7.53. The van der Waals surface area contributed by atoms with Crippen LogP contribution in [0.5, 0.6) is 5.75 Å². The number of aromatic nitrogens is 2. The zero-order chi connectivity index (χ0) is 26.8. The average molecular weight is 503 g/mol. The van der Waals surface area contributed by atoms with Crippen molar-refractivity contribution < 1.29 is 24.2 Å². The summed E-state index contributed by atoms with van der Waals surface area (Å²) < 4.78 is 11.6. The number of methoxy groups -OCH3 is 1. The van der Waals surface area contributed by atoms with E-state index < -0.39 is 11.9 Å². The van der Waals surface area contributed by atoms with Crippen LogP contribution in [-0.2, 0) is 9.53 Å². The van der Waals surface area contributed by atoms with Crippen LogP contribution in [0, 0.1) is 0 Å². The highest BCUT2D eigenvalue weighted by atomic mass is 16.5. The molecule has 0 aliphatic carbocycles. The molecule has 1 heterocycles. The van der Waals surface area contributed by atoms with Crippen molar-refractivity contribution >= 4 is 23.3 Å². The minimum Gasteiger partial charge on any atom is -0.497 e. The van der Waals surface area contributed by atoms with Gasteiger partial charge in [-0.3, -0.25) is 14.7 Å². The van der Waals surface area contributed by atoms with Gasteiger partial charge in [-0.2, -0.15) is 5.11 Å². The van der Waals surface area contributed by atoms with Crippen LogP contribution in [-0.4, -0.2) is 40.5 Å². The highest BCUT2D eigenvalue weighted by molar-refractivity contribution is 5.89. The molecule has 0 unspecified atom stereocenters. The SMILES string of the molecule is CC(=O)O.CCOC(=O)c1ccc(N=Nc2c(-c3ccc(OC)cc3)[nH]n(-c3ccccc3)c2=O)cc1. The first-order valence-electron chi connectivity index (χ1n) is 11.3. The van der Waals surface area contributed by atoms with Gasteiger partial charge in [0, 0.05) is 12.5 Å². The van der Waals surface area contributed by atoms with Gasteiger partial charge in [0.2, 0.25) is 0 Å². The van der Waals surface area contributed by atoms with Crippen LogP contribution in [0.15, 0.2) is 93.9 Å². The Balaban J connectivity index is 0.000000886. The topological polar surface area (TPSA) is 135 Å². The number of aromatic amines is 1. The molecule has 1 aromatic heterocycles. The van der Waals surface area contributed by atoms with Crippen LogP contribution in [0.1, 0.15) is 24.2 Å². The van der Waals surface area contributed by atoms with Gasteiger partial charge in [-0.05, 0) is 67.6 Å². The van der Waals surface area contributed by atoms with Gasteiger partial charge in [-0.15, -0.1) is 5.11 Å². The van der Waals surface area contributed by atoms with Crippen molar-refractivity contribution in [3.63, 3.8) is 0 Å². The third-order valence-corrected chi connectivity index (χ3v) is 4.90. The number of hydrogen-bond acceptors (Lipinski definition) is 7. The lowest BCUT2D eigenvalue weighted by molar-refractivity contribution is -0.134. The Bertz CT molecular complexity index is 1420. The number of esters is 1. The number of nitrogens with zero attached hydrogens (tertiary/aromatic N) is 3. The molecule has 0 radical (unpaired) electrons. The summed E-state index contributed by atoms with van der Waals surface area (Å²) in [6.07, 6.45) is 0.